The predicted octanol–water partition coefficient (Wildman–Crippen LogP) is 6.14. The summed E-state index contributed by atoms with van der Waals surface area (Å²) in [4.78, 5) is 15.4. The number of hydrogen-bond donors (Lipinski definition) is 0. The number of hydrogen-bond acceptors (Lipinski definition) is 5. The molecule has 1 fully saturated rings. The number of fused-ring (bicyclic) bond motifs is 2. The minimum absolute atomic E-state index is 0.972. The Labute approximate surface area is 198 Å². The molecule has 0 N–H and O–H groups in total. The molecule has 4 nitrogen and oxygen atoms in total. The molecule has 5 aromatic rings. The maximum Gasteiger partial charge on any atom is 0.141 e. The largest absolute Gasteiger partial charge is 0.353 e. The highest BCUT2D eigenvalue weighted by molar-refractivity contribution is 7.17. The van der Waals surface area contributed by atoms with Crippen LogP contribution in [0.15, 0.2) is 78.4 Å². The number of piperazine rings is 1. The number of anilines is 1. The third kappa shape index (κ3) is 3.77. The zero-order valence-corrected chi connectivity index (χ0v) is 19.6. The Morgan fingerprint density at radius 3 is 2.48 bits per heavy atom. The van der Waals surface area contributed by atoms with E-state index in [1.54, 1.807) is 17.7 Å². The van der Waals surface area contributed by atoms with Crippen molar-refractivity contribution in [3.8, 4) is 11.1 Å². The Balaban J connectivity index is 1.25. The highest BCUT2D eigenvalue weighted by Crippen LogP contribution is 2.38. The zero-order chi connectivity index (χ0) is 22.2. The second-order valence-corrected chi connectivity index (χ2v) is 9.60. The van der Waals surface area contributed by atoms with E-state index in [1.165, 1.54) is 38.4 Å². The Kier molecular flexibility index (Phi) is 5.29. The average molecular weight is 451 g/mol. The van der Waals surface area contributed by atoms with Crippen LogP contribution in [0, 0.1) is 6.92 Å². The van der Waals surface area contributed by atoms with Gasteiger partial charge >= 0.3 is 0 Å². The molecule has 3 aromatic carbocycles. The Morgan fingerprint density at radius 1 is 0.848 bits per heavy atom. The van der Waals surface area contributed by atoms with E-state index in [2.05, 4.69) is 93.8 Å². The zero-order valence-electron chi connectivity index (χ0n) is 18.7. The summed E-state index contributed by atoms with van der Waals surface area (Å²) in [6.45, 7) is 7.23. The smallest absolute Gasteiger partial charge is 0.141 e. The predicted molar refractivity (Wildman–Crippen MR) is 139 cm³/mol. The van der Waals surface area contributed by atoms with E-state index in [4.69, 9.17) is 4.98 Å². The number of aryl methyl sites for hydroxylation is 1. The van der Waals surface area contributed by atoms with Gasteiger partial charge in [-0.15, -0.1) is 11.3 Å². The Hall–Kier alpha value is -3.28. The van der Waals surface area contributed by atoms with Crippen LogP contribution in [-0.4, -0.2) is 41.0 Å². The van der Waals surface area contributed by atoms with Gasteiger partial charge in [-0.2, -0.15) is 0 Å². The number of thiophene rings is 1. The summed E-state index contributed by atoms with van der Waals surface area (Å²) < 4.78 is 0. The second kappa shape index (κ2) is 8.58. The van der Waals surface area contributed by atoms with Crippen molar-refractivity contribution in [1.29, 1.82) is 0 Å². The first-order valence-electron chi connectivity index (χ1n) is 11.5. The molecular formula is C28H26N4S. The molecule has 2 aromatic heterocycles. The van der Waals surface area contributed by atoms with E-state index in [1.807, 2.05) is 0 Å². The van der Waals surface area contributed by atoms with Crippen molar-refractivity contribution in [3.63, 3.8) is 0 Å². The lowest BCUT2D eigenvalue weighted by molar-refractivity contribution is 0.250. The molecule has 6 rings (SSSR count). The molecule has 0 radical (unpaired) electrons. The van der Waals surface area contributed by atoms with Crippen LogP contribution in [0.4, 0.5) is 5.82 Å². The van der Waals surface area contributed by atoms with Crippen molar-refractivity contribution in [3.05, 3.63) is 89.6 Å². The summed E-state index contributed by atoms with van der Waals surface area (Å²) in [6, 6.07) is 23.8. The van der Waals surface area contributed by atoms with Crippen molar-refractivity contribution in [2.24, 2.45) is 0 Å². The summed E-state index contributed by atoms with van der Waals surface area (Å²) in [5, 5.41) is 6.11. The lowest BCUT2D eigenvalue weighted by Crippen LogP contribution is -2.46. The fourth-order valence-electron chi connectivity index (χ4n) is 4.93. The summed E-state index contributed by atoms with van der Waals surface area (Å²) in [5.41, 5.74) is 5.29. The van der Waals surface area contributed by atoms with Crippen molar-refractivity contribution < 1.29 is 0 Å². The molecule has 3 heterocycles. The van der Waals surface area contributed by atoms with Crippen LogP contribution < -0.4 is 4.90 Å². The van der Waals surface area contributed by atoms with Crippen LogP contribution >= 0.6 is 11.3 Å². The van der Waals surface area contributed by atoms with E-state index >= 15 is 0 Å². The number of nitrogens with zero attached hydrogens (tertiary/aromatic N) is 4. The Morgan fingerprint density at radius 2 is 1.64 bits per heavy atom. The molecular weight excluding hydrogens is 424 g/mol. The average Bonchev–Trinajstić information content (AvgIpc) is 3.31. The van der Waals surface area contributed by atoms with Gasteiger partial charge in [0.1, 0.15) is 17.0 Å². The quantitative estimate of drug-likeness (QED) is 0.329. The first-order valence-corrected chi connectivity index (χ1v) is 12.4. The first-order chi connectivity index (χ1) is 16.3. The molecule has 164 valence electrons. The number of benzene rings is 3. The highest BCUT2D eigenvalue weighted by Gasteiger charge is 2.23. The molecule has 0 unspecified atom stereocenters. The molecule has 0 amide bonds. The molecule has 0 spiro atoms. The minimum Gasteiger partial charge on any atom is -0.353 e. The minimum atomic E-state index is 0.972. The molecule has 0 aliphatic carbocycles. The third-order valence-corrected chi connectivity index (χ3v) is 7.65. The summed E-state index contributed by atoms with van der Waals surface area (Å²) in [6.07, 6.45) is 1.72. The van der Waals surface area contributed by atoms with Crippen molar-refractivity contribution in [2.45, 2.75) is 13.5 Å². The molecule has 0 bridgehead atoms. The van der Waals surface area contributed by atoms with Crippen LogP contribution in [0.5, 0.6) is 0 Å². The molecule has 5 heteroatoms. The normalized spacial score (nSPS) is 14.9. The molecule has 0 atom stereocenters. The van der Waals surface area contributed by atoms with E-state index in [9.17, 15) is 0 Å². The van der Waals surface area contributed by atoms with E-state index in [0.717, 1.165) is 43.4 Å². The molecule has 0 saturated carbocycles. The van der Waals surface area contributed by atoms with E-state index in [-0.39, 0.29) is 0 Å². The molecule has 33 heavy (non-hydrogen) atoms. The van der Waals surface area contributed by atoms with Crippen LogP contribution in [0.3, 0.4) is 0 Å². The van der Waals surface area contributed by atoms with Gasteiger partial charge in [0.05, 0.1) is 5.39 Å². The number of aromatic nitrogens is 2. The maximum absolute atomic E-state index is 4.76. The summed E-state index contributed by atoms with van der Waals surface area (Å²) in [7, 11) is 0. The third-order valence-electron chi connectivity index (χ3n) is 6.76. The SMILES string of the molecule is Cc1ccc2ccccc2c1CN1CCN(c2ncnc3scc(-c4ccccc4)c23)CC1. The van der Waals surface area contributed by atoms with Gasteiger partial charge < -0.3 is 4.90 Å². The molecule has 1 aliphatic rings. The van der Waals surface area contributed by atoms with Crippen LogP contribution in [0.2, 0.25) is 0 Å². The lowest BCUT2D eigenvalue weighted by atomic mass is 9.99. The van der Waals surface area contributed by atoms with Crippen LogP contribution in [0.25, 0.3) is 32.1 Å². The van der Waals surface area contributed by atoms with Gasteiger partial charge in [0, 0.05) is 43.7 Å². The maximum atomic E-state index is 4.76. The fraction of sp³-hybridized carbons (Fsp3) is 0.214. The summed E-state index contributed by atoms with van der Waals surface area (Å²) >= 11 is 1.70. The van der Waals surface area contributed by atoms with E-state index in [0.29, 0.717) is 0 Å². The van der Waals surface area contributed by atoms with Gasteiger partial charge in [0.25, 0.3) is 0 Å². The Bertz CT molecular complexity index is 1420. The summed E-state index contributed by atoms with van der Waals surface area (Å²) in [5.74, 6) is 1.07. The van der Waals surface area contributed by atoms with Gasteiger partial charge in [0.15, 0.2) is 0 Å². The van der Waals surface area contributed by atoms with Crippen molar-refractivity contribution in [2.75, 3.05) is 31.1 Å². The van der Waals surface area contributed by atoms with Gasteiger partial charge in [-0.25, -0.2) is 9.97 Å². The monoisotopic (exact) mass is 450 g/mol. The first kappa shape index (κ1) is 20.3. The van der Waals surface area contributed by atoms with Crippen molar-refractivity contribution >= 4 is 38.1 Å². The topological polar surface area (TPSA) is 32.3 Å². The van der Waals surface area contributed by atoms with E-state index < -0.39 is 0 Å². The van der Waals surface area contributed by atoms with Gasteiger partial charge in [-0.3, -0.25) is 4.90 Å². The molecule has 1 aliphatic heterocycles. The second-order valence-electron chi connectivity index (χ2n) is 8.74. The van der Waals surface area contributed by atoms with Gasteiger partial charge in [-0.05, 0) is 34.4 Å². The highest BCUT2D eigenvalue weighted by atomic mass is 32.1. The standard InChI is InChI=1S/C28H26N4S/c1-20-11-12-22-9-5-6-10-23(22)24(20)17-31-13-15-32(16-14-31)27-26-25(21-7-3-2-4-8-21)18-33-28(26)30-19-29-27/h2-12,18-19H,13-17H2,1H3. The van der Waals surface area contributed by atoms with Crippen molar-refractivity contribution in [1.82, 2.24) is 14.9 Å². The van der Waals surface area contributed by atoms with Gasteiger partial charge in [-0.1, -0.05) is 66.7 Å². The number of rotatable bonds is 4. The van der Waals surface area contributed by atoms with Crippen LogP contribution in [-0.2, 0) is 6.54 Å². The van der Waals surface area contributed by atoms with Gasteiger partial charge in [0.2, 0.25) is 0 Å². The lowest BCUT2D eigenvalue weighted by Gasteiger charge is -2.36. The fourth-order valence-corrected chi connectivity index (χ4v) is 5.84. The van der Waals surface area contributed by atoms with Crippen LogP contribution in [0.1, 0.15) is 11.1 Å². The molecule has 1 saturated heterocycles.